The normalized spacial score (nSPS) is 11.2. The molecule has 0 bridgehead atoms. The van der Waals surface area contributed by atoms with Gasteiger partial charge in [-0.1, -0.05) is 6.07 Å². The Morgan fingerprint density at radius 2 is 1.96 bits per heavy atom. The monoisotopic (exact) mass is 454 g/mol. The molecule has 0 saturated heterocycles. The summed E-state index contributed by atoms with van der Waals surface area (Å²) in [5.74, 6) is -0.465. The van der Waals surface area contributed by atoms with Crippen molar-refractivity contribution in [2.75, 3.05) is 4.90 Å². The standard InChI is InChI=1S/C18H20BrFN4O4/c1-10-15(24(26)27)16(22-11(2)21-10)23(17(25)28-18(3,4)5)9-12-6-7-13(19)14(20)8-12/h6-8H,9H2,1-5H3. The van der Waals surface area contributed by atoms with Crippen molar-refractivity contribution in [2.24, 2.45) is 0 Å². The predicted molar refractivity (Wildman–Crippen MR) is 105 cm³/mol. The van der Waals surface area contributed by atoms with E-state index in [2.05, 4.69) is 25.9 Å². The van der Waals surface area contributed by atoms with E-state index in [1.54, 1.807) is 33.8 Å². The van der Waals surface area contributed by atoms with Crippen LogP contribution in [0, 0.1) is 29.8 Å². The summed E-state index contributed by atoms with van der Waals surface area (Å²) in [5, 5.41) is 11.6. The van der Waals surface area contributed by atoms with Gasteiger partial charge in [0.2, 0.25) is 5.82 Å². The van der Waals surface area contributed by atoms with Crippen LogP contribution in [-0.4, -0.2) is 26.6 Å². The van der Waals surface area contributed by atoms with E-state index in [0.29, 0.717) is 5.56 Å². The third kappa shape index (κ3) is 5.22. The second-order valence-electron chi connectivity index (χ2n) is 7.10. The minimum Gasteiger partial charge on any atom is -0.443 e. The highest BCUT2D eigenvalue weighted by atomic mass is 79.9. The Morgan fingerprint density at radius 3 is 2.50 bits per heavy atom. The second kappa shape index (κ2) is 8.17. The summed E-state index contributed by atoms with van der Waals surface area (Å²) >= 11 is 3.07. The molecule has 2 aromatic rings. The second-order valence-corrected chi connectivity index (χ2v) is 7.95. The van der Waals surface area contributed by atoms with Gasteiger partial charge in [-0.15, -0.1) is 0 Å². The Bertz CT molecular complexity index is 931. The van der Waals surface area contributed by atoms with Crippen LogP contribution >= 0.6 is 15.9 Å². The smallest absolute Gasteiger partial charge is 0.416 e. The molecule has 2 rings (SSSR count). The summed E-state index contributed by atoms with van der Waals surface area (Å²) in [7, 11) is 0. The lowest BCUT2D eigenvalue weighted by Crippen LogP contribution is -2.37. The topological polar surface area (TPSA) is 98.5 Å². The summed E-state index contributed by atoms with van der Waals surface area (Å²) in [6.45, 7) is 7.87. The first-order valence-corrected chi connectivity index (χ1v) is 9.12. The highest BCUT2D eigenvalue weighted by Crippen LogP contribution is 2.31. The summed E-state index contributed by atoms with van der Waals surface area (Å²) in [4.78, 5) is 32.9. The summed E-state index contributed by atoms with van der Waals surface area (Å²) in [5.41, 5.74) is -0.724. The molecule has 8 nitrogen and oxygen atoms in total. The lowest BCUT2D eigenvalue weighted by atomic mass is 10.2. The molecule has 0 aliphatic heterocycles. The number of aryl methyl sites for hydroxylation is 2. The maximum absolute atomic E-state index is 13.9. The maximum atomic E-state index is 13.9. The highest BCUT2D eigenvalue weighted by Gasteiger charge is 2.32. The zero-order valence-corrected chi connectivity index (χ0v) is 17.7. The molecule has 28 heavy (non-hydrogen) atoms. The van der Waals surface area contributed by atoms with Crippen LogP contribution in [0.4, 0.5) is 20.7 Å². The number of rotatable bonds is 4. The number of aromatic nitrogens is 2. The first-order chi connectivity index (χ1) is 12.9. The molecule has 0 N–H and O–H groups in total. The molecule has 0 aliphatic carbocycles. The summed E-state index contributed by atoms with van der Waals surface area (Å²) in [6.07, 6.45) is -0.837. The lowest BCUT2D eigenvalue weighted by Gasteiger charge is -2.27. The van der Waals surface area contributed by atoms with Crippen LogP contribution in [0.1, 0.15) is 37.9 Å². The van der Waals surface area contributed by atoms with E-state index in [9.17, 15) is 19.3 Å². The Labute approximate surface area is 170 Å². The zero-order chi connectivity index (χ0) is 21.2. The lowest BCUT2D eigenvalue weighted by molar-refractivity contribution is -0.385. The van der Waals surface area contributed by atoms with Gasteiger partial charge in [0.25, 0.3) is 0 Å². The number of nitrogens with zero attached hydrogens (tertiary/aromatic N) is 4. The molecule has 0 spiro atoms. The third-order valence-electron chi connectivity index (χ3n) is 3.53. The van der Waals surface area contributed by atoms with Crippen molar-refractivity contribution in [3.05, 3.63) is 55.7 Å². The van der Waals surface area contributed by atoms with E-state index >= 15 is 0 Å². The summed E-state index contributed by atoms with van der Waals surface area (Å²) < 4.78 is 19.6. The molecule has 0 aliphatic rings. The molecule has 0 saturated carbocycles. The molecular weight excluding hydrogens is 435 g/mol. The van der Waals surface area contributed by atoms with Crippen LogP contribution in [0.5, 0.6) is 0 Å². The fraction of sp³-hybridized carbons (Fsp3) is 0.389. The number of halogens is 2. The number of hydrogen-bond donors (Lipinski definition) is 0. The number of ether oxygens (including phenoxy) is 1. The zero-order valence-electron chi connectivity index (χ0n) is 16.1. The van der Waals surface area contributed by atoms with Gasteiger partial charge in [-0.2, -0.15) is 0 Å². The number of anilines is 1. The fourth-order valence-corrected chi connectivity index (χ4v) is 2.70. The van der Waals surface area contributed by atoms with Crippen molar-refractivity contribution in [3.63, 3.8) is 0 Å². The Hall–Kier alpha value is -2.62. The van der Waals surface area contributed by atoms with E-state index in [1.165, 1.54) is 19.1 Å². The van der Waals surface area contributed by atoms with Crippen molar-refractivity contribution in [1.29, 1.82) is 0 Å². The van der Waals surface area contributed by atoms with Crippen LogP contribution in [-0.2, 0) is 11.3 Å². The first kappa shape index (κ1) is 21.7. The predicted octanol–water partition coefficient (Wildman–Crippen LogP) is 4.84. The van der Waals surface area contributed by atoms with Crippen LogP contribution in [0.15, 0.2) is 22.7 Å². The van der Waals surface area contributed by atoms with Crippen LogP contribution < -0.4 is 4.90 Å². The molecule has 0 radical (unpaired) electrons. The first-order valence-electron chi connectivity index (χ1n) is 8.33. The number of nitro groups is 1. The van der Waals surface area contributed by atoms with Crippen molar-refractivity contribution < 1.29 is 18.8 Å². The van der Waals surface area contributed by atoms with Gasteiger partial charge in [0.1, 0.15) is 22.9 Å². The average molecular weight is 455 g/mol. The van der Waals surface area contributed by atoms with Crippen LogP contribution in [0.25, 0.3) is 0 Å². The van der Waals surface area contributed by atoms with E-state index in [-0.39, 0.29) is 28.4 Å². The van der Waals surface area contributed by atoms with E-state index in [0.717, 1.165) is 4.90 Å². The minimum absolute atomic E-state index is 0.114. The Kier molecular flexibility index (Phi) is 6.33. The van der Waals surface area contributed by atoms with E-state index in [4.69, 9.17) is 4.74 Å². The molecule has 10 heteroatoms. The SMILES string of the molecule is Cc1nc(C)c([N+](=O)[O-])c(N(Cc2ccc(Br)c(F)c2)C(=O)OC(C)(C)C)n1. The molecule has 0 fully saturated rings. The molecule has 1 aromatic carbocycles. The fourth-order valence-electron chi connectivity index (χ4n) is 2.45. The Morgan fingerprint density at radius 1 is 1.32 bits per heavy atom. The van der Waals surface area contributed by atoms with E-state index in [1.807, 2.05) is 0 Å². The van der Waals surface area contributed by atoms with Gasteiger partial charge >= 0.3 is 11.8 Å². The van der Waals surface area contributed by atoms with Gasteiger partial charge in [0, 0.05) is 0 Å². The summed E-state index contributed by atoms with van der Waals surface area (Å²) in [6, 6.07) is 4.31. The van der Waals surface area contributed by atoms with Crippen LogP contribution in [0.3, 0.4) is 0 Å². The van der Waals surface area contributed by atoms with Crippen molar-refractivity contribution >= 4 is 33.5 Å². The minimum atomic E-state index is -0.841. The molecule has 1 aromatic heterocycles. The largest absolute Gasteiger partial charge is 0.443 e. The molecule has 0 atom stereocenters. The average Bonchev–Trinajstić information content (AvgIpc) is 2.52. The van der Waals surface area contributed by atoms with Gasteiger partial charge in [0.05, 0.1) is 15.9 Å². The van der Waals surface area contributed by atoms with Crippen molar-refractivity contribution in [3.8, 4) is 0 Å². The van der Waals surface area contributed by atoms with Gasteiger partial charge in [-0.25, -0.2) is 19.2 Å². The van der Waals surface area contributed by atoms with Gasteiger partial charge < -0.3 is 4.74 Å². The highest BCUT2D eigenvalue weighted by molar-refractivity contribution is 9.10. The number of carbonyl (C=O) groups excluding carboxylic acids is 1. The molecule has 150 valence electrons. The van der Waals surface area contributed by atoms with E-state index < -0.39 is 28.1 Å². The molecule has 1 heterocycles. The quantitative estimate of drug-likeness (QED) is 0.483. The van der Waals surface area contributed by atoms with Gasteiger partial charge in [0.15, 0.2) is 0 Å². The van der Waals surface area contributed by atoms with Gasteiger partial charge in [-0.05, 0) is 68.2 Å². The van der Waals surface area contributed by atoms with Crippen molar-refractivity contribution in [1.82, 2.24) is 9.97 Å². The Balaban J connectivity index is 2.60. The molecular formula is C18H20BrFN4O4. The number of carbonyl (C=O) groups is 1. The molecule has 0 unspecified atom stereocenters. The third-order valence-corrected chi connectivity index (χ3v) is 4.17. The van der Waals surface area contributed by atoms with Crippen molar-refractivity contribution in [2.45, 2.75) is 46.8 Å². The molecule has 1 amide bonds. The van der Waals surface area contributed by atoms with Gasteiger partial charge in [-0.3, -0.25) is 15.0 Å². The number of benzene rings is 1. The number of hydrogen-bond acceptors (Lipinski definition) is 6. The number of amides is 1. The maximum Gasteiger partial charge on any atom is 0.416 e. The van der Waals surface area contributed by atoms with Crippen LogP contribution in [0.2, 0.25) is 0 Å².